The predicted molar refractivity (Wildman–Crippen MR) is 61.1 cm³/mol. The Hall–Kier alpha value is -0.940. The fraction of sp³-hybridized carbons (Fsp3) is 0.600. The van der Waals surface area contributed by atoms with Crippen LogP contribution in [0.4, 0.5) is 5.13 Å². The molecule has 15 heavy (non-hydrogen) atoms. The van der Waals surface area contributed by atoms with Crippen molar-refractivity contribution in [3.8, 4) is 0 Å². The van der Waals surface area contributed by atoms with Gasteiger partial charge in [-0.15, -0.1) is 11.3 Å². The average Bonchev–Trinajstić information content (AvgIpc) is 2.42. The third-order valence-corrected chi connectivity index (χ3v) is 3.05. The molecule has 0 aliphatic rings. The number of nitrogens with one attached hydrogen (secondary N) is 1. The van der Waals surface area contributed by atoms with Gasteiger partial charge in [0.1, 0.15) is 0 Å². The van der Waals surface area contributed by atoms with Crippen molar-refractivity contribution < 1.29 is 9.90 Å². The Morgan fingerprint density at radius 3 is 2.73 bits per heavy atom. The highest BCUT2D eigenvalue weighted by Gasteiger charge is 2.08. The Morgan fingerprint density at radius 1 is 1.60 bits per heavy atom. The number of hydrogen-bond acceptors (Lipinski definition) is 4. The van der Waals surface area contributed by atoms with E-state index in [4.69, 9.17) is 5.11 Å². The molecule has 1 heterocycles. The van der Waals surface area contributed by atoms with E-state index in [1.165, 1.54) is 11.3 Å². The molecule has 2 N–H and O–H groups in total. The Morgan fingerprint density at radius 2 is 2.27 bits per heavy atom. The first-order valence-corrected chi connectivity index (χ1v) is 5.72. The largest absolute Gasteiger partial charge is 0.393 e. The summed E-state index contributed by atoms with van der Waals surface area (Å²) in [6, 6.07) is 0. The summed E-state index contributed by atoms with van der Waals surface area (Å²) in [4.78, 5) is 16.7. The van der Waals surface area contributed by atoms with Gasteiger partial charge in [-0.1, -0.05) is 0 Å². The van der Waals surface area contributed by atoms with Crippen molar-refractivity contribution in [2.75, 3.05) is 5.32 Å². The summed E-state index contributed by atoms with van der Waals surface area (Å²) in [6.45, 7) is 5.56. The summed E-state index contributed by atoms with van der Waals surface area (Å²) < 4.78 is 0. The van der Waals surface area contributed by atoms with E-state index in [9.17, 15) is 4.79 Å². The highest BCUT2D eigenvalue weighted by molar-refractivity contribution is 7.15. The maximum absolute atomic E-state index is 11.4. The summed E-state index contributed by atoms with van der Waals surface area (Å²) in [5.41, 5.74) is 0.950. The average molecular weight is 228 g/mol. The number of rotatable bonds is 4. The first-order chi connectivity index (χ1) is 6.99. The van der Waals surface area contributed by atoms with Gasteiger partial charge in [-0.05, 0) is 27.2 Å². The molecule has 84 valence electrons. The van der Waals surface area contributed by atoms with Gasteiger partial charge in [0.15, 0.2) is 5.13 Å². The van der Waals surface area contributed by atoms with E-state index in [-0.39, 0.29) is 5.91 Å². The molecule has 0 saturated carbocycles. The van der Waals surface area contributed by atoms with Gasteiger partial charge >= 0.3 is 0 Å². The number of aliphatic hydroxyl groups is 1. The molecule has 0 aromatic carbocycles. The number of aliphatic hydroxyl groups excluding tert-OH is 1. The van der Waals surface area contributed by atoms with Crippen LogP contribution >= 0.6 is 11.3 Å². The molecule has 1 aromatic rings. The number of hydrogen-bond donors (Lipinski definition) is 2. The number of carbonyl (C=O) groups is 1. The smallest absolute Gasteiger partial charge is 0.226 e. The van der Waals surface area contributed by atoms with Crippen LogP contribution in [-0.4, -0.2) is 22.1 Å². The monoisotopic (exact) mass is 228 g/mol. The van der Waals surface area contributed by atoms with Crippen molar-refractivity contribution in [2.24, 2.45) is 0 Å². The van der Waals surface area contributed by atoms with Crippen molar-refractivity contribution in [3.63, 3.8) is 0 Å². The minimum atomic E-state index is -0.435. The predicted octanol–water partition coefficient (Wildman–Crippen LogP) is 1.86. The lowest BCUT2D eigenvalue weighted by Gasteiger charge is -2.03. The van der Waals surface area contributed by atoms with Crippen LogP contribution < -0.4 is 5.32 Å². The van der Waals surface area contributed by atoms with E-state index in [1.54, 1.807) is 6.92 Å². The molecule has 1 unspecified atom stereocenters. The van der Waals surface area contributed by atoms with Gasteiger partial charge in [-0.25, -0.2) is 4.98 Å². The Bertz CT molecular complexity index is 328. The van der Waals surface area contributed by atoms with Crippen LogP contribution in [0.3, 0.4) is 0 Å². The van der Waals surface area contributed by atoms with Gasteiger partial charge in [0.25, 0.3) is 0 Å². The van der Waals surface area contributed by atoms with Crippen LogP contribution in [0.1, 0.15) is 30.3 Å². The maximum Gasteiger partial charge on any atom is 0.226 e. The first-order valence-electron chi connectivity index (χ1n) is 4.91. The number of anilines is 1. The quantitative estimate of drug-likeness (QED) is 0.826. The zero-order valence-electron chi connectivity index (χ0n) is 9.20. The lowest BCUT2D eigenvalue weighted by molar-refractivity contribution is -0.116. The standard InChI is InChI=1S/C10H16N2O2S/c1-6(13)4-5-9(14)12-10-11-7(2)8(3)15-10/h6,13H,4-5H2,1-3H3,(H,11,12,14). The highest BCUT2D eigenvalue weighted by Crippen LogP contribution is 2.21. The second-order valence-electron chi connectivity index (χ2n) is 3.60. The fourth-order valence-corrected chi connectivity index (χ4v) is 1.88. The van der Waals surface area contributed by atoms with E-state index in [0.29, 0.717) is 18.0 Å². The molecule has 1 atom stereocenters. The van der Waals surface area contributed by atoms with E-state index < -0.39 is 6.10 Å². The van der Waals surface area contributed by atoms with Gasteiger partial charge in [0.05, 0.1) is 11.8 Å². The summed E-state index contributed by atoms with van der Waals surface area (Å²) in [5.74, 6) is -0.0929. The van der Waals surface area contributed by atoms with Crippen molar-refractivity contribution in [3.05, 3.63) is 10.6 Å². The molecule has 0 aliphatic heterocycles. The van der Waals surface area contributed by atoms with Crippen molar-refractivity contribution >= 4 is 22.4 Å². The normalized spacial score (nSPS) is 12.5. The van der Waals surface area contributed by atoms with E-state index in [0.717, 1.165) is 10.6 Å². The third kappa shape index (κ3) is 3.97. The molecule has 4 nitrogen and oxygen atoms in total. The van der Waals surface area contributed by atoms with Gasteiger partial charge in [0.2, 0.25) is 5.91 Å². The number of thiazole rings is 1. The molecule has 0 fully saturated rings. The topological polar surface area (TPSA) is 62.2 Å². The molecule has 0 radical (unpaired) electrons. The van der Waals surface area contributed by atoms with Crippen LogP contribution in [0.5, 0.6) is 0 Å². The SMILES string of the molecule is Cc1nc(NC(=O)CCC(C)O)sc1C. The lowest BCUT2D eigenvalue weighted by Crippen LogP contribution is -2.13. The molecule has 0 aliphatic carbocycles. The van der Waals surface area contributed by atoms with Crippen molar-refractivity contribution in [1.29, 1.82) is 0 Å². The molecule has 1 aromatic heterocycles. The van der Waals surface area contributed by atoms with Crippen LogP contribution in [0, 0.1) is 13.8 Å². The Labute approximate surface area is 93.4 Å². The Kier molecular flexibility index (Phi) is 4.23. The van der Waals surface area contributed by atoms with Gasteiger partial charge in [-0.2, -0.15) is 0 Å². The minimum absolute atomic E-state index is 0.0929. The summed E-state index contributed by atoms with van der Waals surface area (Å²) in [7, 11) is 0. The molecule has 0 saturated heterocycles. The molecule has 1 amide bonds. The third-order valence-electron chi connectivity index (χ3n) is 2.06. The maximum atomic E-state index is 11.4. The number of carbonyl (C=O) groups excluding carboxylic acids is 1. The number of aromatic nitrogens is 1. The second-order valence-corrected chi connectivity index (χ2v) is 4.80. The minimum Gasteiger partial charge on any atom is -0.393 e. The zero-order chi connectivity index (χ0) is 11.4. The van der Waals surface area contributed by atoms with E-state index in [1.807, 2.05) is 13.8 Å². The van der Waals surface area contributed by atoms with Crippen LogP contribution in [0.15, 0.2) is 0 Å². The number of nitrogens with zero attached hydrogens (tertiary/aromatic N) is 1. The second kappa shape index (κ2) is 5.23. The van der Waals surface area contributed by atoms with Gasteiger partial charge < -0.3 is 10.4 Å². The zero-order valence-corrected chi connectivity index (χ0v) is 10.0. The van der Waals surface area contributed by atoms with Crippen molar-refractivity contribution in [1.82, 2.24) is 4.98 Å². The fourth-order valence-electron chi connectivity index (χ4n) is 1.05. The van der Waals surface area contributed by atoms with E-state index >= 15 is 0 Å². The van der Waals surface area contributed by atoms with Gasteiger partial charge in [-0.3, -0.25) is 4.79 Å². The molecule has 0 spiro atoms. The van der Waals surface area contributed by atoms with Crippen molar-refractivity contribution in [2.45, 2.75) is 39.7 Å². The first kappa shape index (κ1) is 12.1. The Balaban J connectivity index is 2.44. The summed E-state index contributed by atoms with van der Waals surface area (Å²) >= 11 is 1.47. The molecule has 1 rings (SSSR count). The lowest BCUT2D eigenvalue weighted by atomic mass is 10.2. The number of amides is 1. The highest BCUT2D eigenvalue weighted by atomic mass is 32.1. The molecule has 0 bridgehead atoms. The summed E-state index contributed by atoms with van der Waals surface area (Å²) in [5, 5.41) is 12.4. The van der Waals surface area contributed by atoms with Crippen LogP contribution in [-0.2, 0) is 4.79 Å². The van der Waals surface area contributed by atoms with Gasteiger partial charge in [0, 0.05) is 11.3 Å². The van der Waals surface area contributed by atoms with E-state index in [2.05, 4.69) is 10.3 Å². The number of aryl methyl sites for hydroxylation is 2. The molecular formula is C10H16N2O2S. The molecular weight excluding hydrogens is 212 g/mol. The van der Waals surface area contributed by atoms with Crippen LogP contribution in [0.25, 0.3) is 0 Å². The van der Waals surface area contributed by atoms with Crippen LogP contribution in [0.2, 0.25) is 0 Å². The molecule has 5 heteroatoms. The summed E-state index contributed by atoms with van der Waals surface area (Å²) in [6.07, 6.45) is 0.375.